The van der Waals surface area contributed by atoms with Crippen molar-refractivity contribution < 1.29 is 9.32 Å². The zero-order valence-electron chi connectivity index (χ0n) is 12.2. The number of hydrogen-bond donors (Lipinski definition) is 2. The first-order valence-electron chi connectivity index (χ1n) is 7.00. The molecule has 0 radical (unpaired) electrons. The SMILES string of the molecule is Cn1c(SCc2nc(C(N)=O)no2)nnc1[C@@H]1CCCNC1. The summed E-state index contributed by atoms with van der Waals surface area (Å²) in [5, 5.41) is 16.2. The van der Waals surface area contributed by atoms with Gasteiger partial charge in [0.15, 0.2) is 5.16 Å². The number of thioether (sulfide) groups is 1. The summed E-state index contributed by atoms with van der Waals surface area (Å²) >= 11 is 1.43. The summed E-state index contributed by atoms with van der Waals surface area (Å²) in [6.45, 7) is 2.00. The smallest absolute Gasteiger partial charge is 0.290 e. The third kappa shape index (κ3) is 3.12. The number of carbonyl (C=O) groups excluding carboxylic acids is 1. The largest absolute Gasteiger partial charge is 0.363 e. The monoisotopic (exact) mass is 323 g/mol. The lowest BCUT2D eigenvalue weighted by molar-refractivity contribution is 0.0987. The summed E-state index contributed by atoms with van der Waals surface area (Å²) in [6.07, 6.45) is 2.27. The van der Waals surface area contributed by atoms with E-state index in [1.165, 1.54) is 11.8 Å². The number of piperidine rings is 1. The first-order valence-corrected chi connectivity index (χ1v) is 7.99. The summed E-state index contributed by atoms with van der Waals surface area (Å²) in [7, 11) is 1.95. The highest BCUT2D eigenvalue weighted by molar-refractivity contribution is 7.98. The van der Waals surface area contributed by atoms with Crippen LogP contribution in [0.25, 0.3) is 0 Å². The number of rotatable bonds is 5. The molecule has 1 aliphatic heterocycles. The highest BCUT2D eigenvalue weighted by Crippen LogP contribution is 2.26. The second kappa shape index (κ2) is 6.44. The van der Waals surface area contributed by atoms with Crippen molar-refractivity contribution in [3.05, 3.63) is 17.5 Å². The maximum atomic E-state index is 10.9. The lowest BCUT2D eigenvalue weighted by Crippen LogP contribution is -2.29. The predicted molar refractivity (Wildman–Crippen MR) is 78.2 cm³/mol. The fraction of sp³-hybridized carbons (Fsp3) is 0.583. The van der Waals surface area contributed by atoms with E-state index >= 15 is 0 Å². The van der Waals surface area contributed by atoms with Crippen LogP contribution in [0.2, 0.25) is 0 Å². The number of nitrogens with zero attached hydrogens (tertiary/aromatic N) is 5. The van der Waals surface area contributed by atoms with E-state index in [4.69, 9.17) is 10.3 Å². The summed E-state index contributed by atoms with van der Waals surface area (Å²) in [5.74, 6) is 1.31. The van der Waals surface area contributed by atoms with Gasteiger partial charge in [0.1, 0.15) is 5.82 Å². The van der Waals surface area contributed by atoms with Crippen molar-refractivity contribution in [3.63, 3.8) is 0 Å². The standard InChI is InChI=1S/C12H17N7O2S/c1-19-11(7-3-2-4-14-5-7)16-17-12(19)22-6-8-15-10(9(13)20)18-21-8/h7,14H,2-6H2,1H3,(H2,13,20)/t7-/m1/s1. The van der Waals surface area contributed by atoms with Crippen LogP contribution in [0.5, 0.6) is 0 Å². The minimum Gasteiger partial charge on any atom is -0.363 e. The van der Waals surface area contributed by atoms with Gasteiger partial charge in [-0.1, -0.05) is 16.9 Å². The van der Waals surface area contributed by atoms with E-state index in [1.807, 2.05) is 11.6 Å². The molecule has 1 fully saturated rings. The van der Waals surface area contributed by atoms with Gasteiger partial charge in [0.05, 0.1) is 5.75 Å². The van der Waals surface area contributed by atoms with Crippen molar-refractivity contribution in [1.82, 2.24) is 30.2 Å². The fourth-order valence-electron chi connectivity index (χ4n) is 2.42. The van der Waals surface area contributed by atoms with Crippen LogP contribution >= 0.6 is 11.8 Å². The van der Waals surface area contributed by atoms with Gasteiger partial charge in [0, 0.05) is 19.5 Å². The molecule has 1 aliphatic rings. The van der Waals surface area contributed by atoms with Crippen molar-refractivity contribution in [1.29, 1.82) is 0 Å². The normalized spacial score (nSPS) is 18.5. The molecule has 1 atom stereocenters. The molecule has 0 bridgehead atoms. The van der Waals surface area contributed by atoms with Gasteiger partial charge in [-0.25, -0.2) is 0 Å². The number of nitrogens with two attached hydrogens (primary N) is 1. The van der Waals surface area contributed by atoms with Crippen LogP contribution in [0, 0.1) is 0 Å². The first kappa shape index (κ1) is 15.0. The Bertz CT molecular complexity index is 662. The molecule has 0 aromatic carbocycles. The minimum atomic E-state index is -0.703. The molecule has 3 rings (SSSR count). The average Bonchev–Trinajstić information content (AvgIpc) is 3.13. The lowest BCUT2D eigenvalue weighted by atomic mass is 9.99. The predicted octanol–water partition coefficient (Wildman–Crippen LogP) is 0.0563. The Hall–Kier alpha value is -1.94. The van der Waals surface area contributed by atoms with Crippen LogP contribution < -0.4 is 11.1 Å². The van der Waals surface area contributed by atoms with Gasteiger partial charge < -0.3 is 20.1 Å². The number of primary amides is 1. The molecule has 2 aromatic rings. The average molecular weight is 323 g/mol. The van der Waals surface area contributed by atoms with Crippen molar-refractivity contribution in [2.24, 2.45) is 12.8 Å². The van der Waals surface area contributed by atoms with Crippen LogP contribution in [0.15, 0.2) is 9.68 Å². The van der Waals surface area contributed by atoms with Gasteiger partial charge >= 0.3 is 0 Å². The molecule has 3 heterocycles. The molecular formula is C12H17N7O2S. The van der Waals surface area contributed by atoms with Crippen molar-refractivity contribution in [3.8, 4) is 0 Å². The van der Waals surface area contributed by atoms with Crippen molar-refractivity contribution >= 4 is 17.7 Å². The quantitative estimate of drug-likeness (QED) is 0.740. The van der Waals surface area contributed by atoms with E-state index < -0.39 is 5.91 Å². The van der Waals surface area contributed by atoms with Crippen molar-refractivity contribution in [2.75, 3.05) is 13.1 Å². The van der Waals surface area contributed by atoms with Gasteiger partial charge in [-0.15, -0.1) is 10.2 Å². The van der Waals surface area contributed by atoms with Gasteiger partial charge in [-0.05, 0) is 19.4 Å². The molecule has 118 valence electrons. The zero-order chi connectivity index (χ0) is 15.5. The molecule has 10 heteroatoms. The van der Waals surface area contributed by atoms with E-state index in [0.717, 1.165) is 36.9 Å². The molecule has 0 unspecified atom stereocenters. The fourth-order valence-corrected chi connectivity index (χ4v) is 3.17. The number of amides is 1. The number of carbonyl (C=O) groups is 1. The maximum Gasteiger partial charge on any atom is 0.290 e. The second-order valence-electron chi connectivity index (χ2n) is 5.11. The third-order valence-electron chi connectivity index (χ3n) is 3.54. The molecule has 1 saturated heterocycles. The van der Waals surface area contributed by atoms with E-state index in [9.17, 15) is 4.79 Å². The molecule has 0 saturated carbocycles. The summed E-state index contributed by atoms with van der Waals surface area (Å²) in [4.78, 5) is 14.8. The van der Waals surface area contributed by atoms with Gasteiger partial charge in [-0.3, -0.25) is 4.79 Å². The Morgan fingerprint density at radius 2 is 2.41 bits per heavy atom. The van der Waals surface area contributed by atoms with Crippen molar-refractivity contribution in [2.45, 2.75) is 29.7 Å². The Kier molecular flexibility index (Phi) is 4.39. The number of nitrogens with one attached hydrogen (secondary N) is 1. The highest BCUT2D eigenvalue weighted by Gasteiger charge is 2.22. The first-order chi connectivity index (χ1) is 10.6. The Morgan fingerprint density at radius 3 is 3.09 bits per heavy atom. The molecule has 2 aromatic heterocycles. The van der Waals surface area contributed by atoms with E-state index in [2.05, 4.69) is 25.7 Å². The molecule has 0 aliphatic carbocycles. The van der Waals surface area contributed by atoms with Gasteiger partial charge in [0.25, 0.3) is 11.7 Å². The maximum absolute atomic E-state index is 10.9. The lowest BCUT2D eigenvalue weighted by Gasteiger charge is -2.21. The minimum absolute atomic E-state index is 0.109. The topological polar surface area (TPSA) is 125 Å². The van der Waals surface area contributed by atoms with E-state index in [1.54, 1.807) is 0 Å². The summed E-state index contributed by atoms with van der Waals surface area (Å²) in [5.41, 5.74) is 5.08. The van der Waals surface area contributed by atoms with Crippen LogP contribution in [0.3, 0.4) is 0 Å². The molecule has 0 spiro atoms. The Morgan fingerprint density at radius 1 is 1.55 bits per heavy atom. The van der Waals surface area contributed by atoms with Crippen LogP contribution in [-0.4, -0.2) is 43.9 Å². The van der Waals surface area contributed by atoms with Gasteiger partial charge in [0.2, 0.25) is 5.89 Å². The van der Waals surface area contributed by atoms with Crippen LogP contribution in [0.1, 0.15) is 41.1 Å². The van der Waals surface area contributed by atoms with Crippen LogP contribution in [0.4, 0.5) is 0 Å². The third-order valence-corrected chi connectivity index (χ3v) is 4.55. The van der Waals surface area contributed by atoms with Gasteiger partial charge in [-0.2, -0.15) is 4.98 Å². The summed E-state index contributed by atoms with van der Waals surface area (Å²) in [6, 6.07) is 0. The molecule has 9 nitrogen and oxygen atoms in total. The summed E-state index contributed by atoms with van der Waals surface area (Å²) < 4.78 is 6.95. The Balaban J connectivity index is 1.65. The Labute approximate surface area is 131 Å². The van der Waals surface area contributed by atoms with E-state index in [0.29, 0.717) is 17.6 Å². The second-order valence-corrected chi connectivity index (χ2v) is 6.05. The zero-order valence-corrected chi connectivity index (χ0v) is 13.0. The van der Waals surface area contributed by atoms with Crippen LogP contribution in [-0.2, 0) is 12.8 Å². The molecule has 1 amide bonds. The van der Waals surface area contributed by atoms with E-state index in [-0.39, 0.29) is 5.82 Å². The molecule has 3 N–H and O–H groups in total. The highest BCUT2D eigenvalue weighted by atomic mass is 32.2. The number of hydrogen-bond acceptors (Lipinski definition) is 8. The number of aromatic nitrogens is 5. The molecule has 22 heavy (non-hydrogen) atoms. The molecular weight excluding hydrogens is 306 g/mol.